The second kappa shape index (κ2) is 5.26. The number of hydrogen-bond acceptors (Lipinski definition) is 5. The third kappa shape index (κ3) is 3.15. The number of aromatic carboxylic acids is 1. The first-order chi connectivity index (χ1) is 8.25. The number of carbonyl (C=O) groups is 1. The number of carboxylic acids is 1. The van der Waals surface area contributed by atoms with Crippen LogP contribution in [0.1, 0.15) is 16.2 Å². The standard InChI is InChI=1S/C10H11N3O4/c14-10(15)9-6-13(12-11-9)3-5-16-7-8-2-1-4-17-8/h1-2,4,6H,3,5,7H2,(H,14,15). The van der Waals surface area contributed by atoms with E-state index in [4.69, 9.17) is 14.3 Å². The van der Waals surface area contributed by atoms with Crippen molar-refractivity contribution in [1.82, 2.24) is 15.0 Å². The van der Waals surface area contributed by atoms with E-state index in [1.165, 1.54) is 10.9 Å². The quantitative estimate of drug-likeness (QED) is 0.747. The molecule has 0 spiro atoms. The van der Waals surface area contributed by atoms with Gasteiger partial charge >= 0.3 is 5.97 Å². The second-order valence-electron chi connectivity index (χ2n) is 3.30. The highest BCUT2D eigenvalue weighted by Gasteiger charge is 2.07. The maximum absolute atomic E-state index is 10.5. The van der Waals surface area contributed by atoms with E-state index in [0.29, 0.717) is 19.8 Å². The molecule has 90 valence electrons. The van der Waals surface area contributed by atoms with Crippen molar-refractivity contribution in [3.05, 3.63) is 36.0 Å². The third-order valence-corrected chi connectivity index (χ3v) is 2.05. The lowest BCUT2D eigenvalue weighted by molar-refractivity contribution is 0.0690. The molecule has 2 aromatic rings. The van der Waals surface area contributed by atoms with Gasteiger partial charge in [-0.25, -0.2) is 9.48 Å². The van der Waals surface area contributed by atoms with Gasteiger partial charge in [-0.2, -0.15) is 0 Å². The fraction of sp³-hybridized carbons (Fsp3) is 0.300. The van der Waals surface area contributed by atoms with Gasteiger partial charge in [-0.05, 0) is 12.1 Å². The van der Waals surface area contributed by atoms with Crippen molar-refractivity contribution in [2.75, 3.05) is 6.61 Å². The molecule has 0 aromatic carbocycles. The van der Waals surface area contributed by atoms with E-state index < -0.39 is 5.97 Å². The molecule has 0 radical (unpaired) electrons. The molecule has 0 saturated carbocycles. The molecule has 0 fully saturated rings. The van der Waals surface area contributed by atoms with E-state index in [-0.39, 0.29) is 5.69 Å². The van der Waals surface area contributed by atoms with Crippen LogP contribution in [0.2, 0.25) is 0 Å². The maximum atomic E-state index is 10.5. The Bertz CT molecular complexity index is 477. The molecule has 7 nitrogen and oxygen atoms in total. The first-order valence-electron chi connectivity index (χ1n) is 4.99. The van der Waals surface area contributed by atoms with Gasteiger partial charge in [0.15, 0.2) is 5.69 Å². The van der Waals surface area contributed by atoms with Gasteiger partial charge in [0.2, 0.25) is 0 Å². The minimum absolute atomic E-state index is 0.0731. The van der Waals surface area contributed by atoms with Gasteiger partial charge in [-0.15, -0.1) is 5.10 Å². The van der Waals surface area contributed by atoms with Gasteiger partial charge in [-0.1, -0.05) is 5.21 Å². The first kappa shape index (κ1) is 11.3. The van der Waals surface area contributed by atoms with Gasteiger partial charge in [0.25, 0.3) is 0 Å². The lowest BCUT2D eigenvalue weighted by atomic mass is 10.5. The van der Waals surface area contributed by atoms with Crippen LogP contribution in [-0.4, -0.2) is 32.7 Å². The number of nitrogens with zero attached hydrogens (tertiary/aromatic N) is 3. The third-order valence-electron chi connectivity index (χ3n) is 2.05. The van der Waals surface area contributed by atoms with Crippen LogP contribution in [0, 0.1) is 0 Å². The summed E-state index contributed by atoms with van der Waals surface area (Å²) in [5.41, 5.74) is -0.0731. The average molecular weight is 237 g/mol. The van der Waals surface area contributed by atoms with Crippen LogP contribution in [0.5, 0.6) is 0 Å². The summed E-state index contributed by atoms with van der Waals surface area (Å²) in [5.74, 6) is -0.345. The highest BCUT2D eigenvalue weighted by molar-refractivity contribution is 5.84. The fourth-order valence-corrected chi connectivity index (χ4v) is 1.23. The molecule has 0 aliphatic carbocycles. The molecular weight excluding hydrogens is 226 g/mol. The van der Waals surface area contributed by atoms with Gasteiger partial charge < -0.3 is 14.3 Å². The topological polar surface area (TPSA) is 90.4 Å². The molecule has 17 heavy (non-hydrogen) atoms. The highest BCUT2D eigenvalue weighted by Crippen LogP contribution is 2.01. The Labute approximate surface area is 96.6 Å². The SMILES string of the molecule is O=C(O)c1cn(CCOCc2ccco2)nn1. The largest absolute Gasteiger partial charge is 0.476 e. The minimum Gasteiger partial charge on any atom is -0.476 e. The molecule has 2 aromatic heterocycles. The number of furan rings is 1. The first-order valence-corrected chi connectivity index (χ1v) is 4.99. The summed E-state index contributed by atoms with van der Waals surface area (Å²) in [5, 5.41) is 15.8. The van der Waals surface area contributed by atoms with Crippen LogP contribution in [-0.2, 0) is 17.9 Å². The molecule has 0 bridgehead atoms. The number of hydrogen-bond donors (Lipinski definition) is 1. The lowest BCUT2D eigenvalue weighted by Gasteiger charge is -2.01. The van der Waals surface area contributed by atoms with Crippen molar-refractivity contribution in [3.8, 4) is 0 Å². The maximum Gasteiger partial charge on any atom is 0.358 e. The summed E-state index contributed by atoms with van der Waals surface area (Å²) in [6, 6.07) is 3.60. The second-order valence-corrected chi connectivity index (χ2v) is 3.30. The smallest absolute Gasteiger partial charge is 0.358 e. The molecule has 2 rings (SSSR count). The van der Waals surface area contributed by atoms with Gasteiger partial charge in [0, 0.05) is 0 Å². The van der Waals surface area contributed by atoms with Crippen LogP contribution < -0.4 is 0 Å². The Balaban J connectivity index is 1.72. The van der Waals surface area contributed by atoms with Crippen molar-refractivity contribution in [2.24, 2.45) is 0 Å². The highest BCUT2D eigenvalue weighted by atomic mass is 16.5. The van der Waals surface area contributed by atoms with Crippen LogP contribution >= 0.6 is 0 Å². The predicted molar refractivity (Wildman–Crippen MR) is 55.3 cm³/mol. The molecule has 0 aliphatic heterocycles. The summed E-state index contributed by atoms with van der Waals surface area (Å²) in [6.07, 6.45) is 2.94. The Kier molecular flexibility index (Phi) is 3.51. The average Bonchev–Trinajstić information content (AvgIpc) is 2.96. The number of aromatic nitrogens is 3. The zero-order valence-electron chi connectivity index (χ0n) is 8.94. The molecule has 2 heterocycles. The zero-order valence-corrected chi connectivity index (χ0v) is 8.94. The molecule has 0 saturated heterocycles. The fourth-order valence-electron chi connectivity index (χ4n) is 1.23. The van der Waals surface area contributed by atoms with Gasteiger partial charge in [0.1, 0.15) is 12.4 Å². The van der Waals surface area contributed by atoms with E-state index in [2.05, 4.69) is 10.3 Å². The Hall–Kier alpha value is -2.15. The molecule has 1 N–H and O–H groups in total. The van der Waals surface area contributed by atoms with E-state index in [1.807, 2.05) is 6.07 Å². The summed E-state index contributed by atoms with van der Waals surface area (Å²) in [4.78, 5) is 10.5. The van der Waals surface area contributed by atoms with E-state index >= 15 is 0 Å². The Morgan fingerprint density at radius 2 is 2.47 bits per heavy atom. The normalized spacial score (nSPS) is 10.6. The molecule has 7 heteroatoms. The van der Waals surface area contributed by atoms with Crippen LogP contribution in [0.3, 0.4) is 0 Å². The van der Waals surface area contributed by atoms with Crippen LogP contribution in [0.15, 0.2) is 29.0 Å². The molecule has 0 aliphatic rings. The molecular formula is C10H11N3O4. The Morgan fingerprint density at radius 3 is 3.12 bits per heavy atom. The zero-order chi connectivity index (χ0) is 12.1. The summed E-state index contributed by atoms with van der Waals surface area (Å²) < 4.78 is 11.8. The predicted octanol–water partition coefficient (Wildman–Crippen LogP) is 0.786. The lowest BCUT2D eigenvalue weighted by Crippen LogP contribution is -2.06. The minimum atomic E-state index is -1.09. The summed E-state index contributed by atoms with van der Waals surface area (Å²) >= 11 is 0. The van der Waals surface area contributed by atoms with Crippen molar-refractivity contribution in [2.45, 2.75) is 13.2 Å². The number of carboxylic acid groups (broad SMARTS) is 1. The van der Waals surface area contributed by atoms with Crippen molar-refractivity contribution in [1.29, 1.82) is 0 Å². The monoisotopic (exact) mass is 237 g/mol. The molecule has 0 atom stereocenters. The summed E-state index contributed by atoms with van der Waals surface area (Å²) in [7, 11) is 0. The van der Waals surface area contributed by atoms with Crippen molar-refractivity contribution >= 4 is 5.97 Å². The van der Waals surface area contributed by atoms with Crippen molar-refractivity contribution in [3.63, 3.8) is 0 Å². The summed E-state index contributed by atoms with van der Waals surface area (Å²) in [6.45, 7) is 1.23. The van der Waals surface area contributed by atoms with Crippen LogP contribution in [0.25, 0.3) is 0 Å². The van der Waals surface area contributed by atoms with Gasteiger partial charge in [0.05, 0.1) is 25.6 Å². The Morgan fingerprint density at radius 1 is 1.59 bits per heavy atom. The van der Waals surface area contributed by atoms with Crippen molar-refractivity contribution < 1.29 is 19.1 Å². The number of rotatable bonds is 6. The van der Waals surface area contributed by atoms with E-state index in [0.717, 1.165) is 5.76 Å². The number of ether oxygens (including phenoxy) is 1. The van der Waals surface area contributed by atoms with E-state index in [9.17, 15) is 4.79 Å². The molecule has 0 amide bonds. The van der Waals surface area contributed by atoms with Crippen LogP contribution in [0.4, 0.5) is 0 Å². The van der Waals surface area contributed by atoms with E-state index in [1.54, 1.807) is 12.3 Å². The molecule has 0 unspecified atom stereocenters. The van der Waals surface area contributed by atoms with Gasteiger partial charge in [-0.3, -0.25) is 0 Å².